The van der Waals surface area contributed by atoms with Gasteiger partial charge in [0.15, 0.2) is 0 Å². The van der Waals surface area contributed by atoms with Crippen LogP contribution in [0.1, 0.15) is 37.6 Å². The van der Waals surface area contributed by atoms with Gasteiger partial charge in [-0.3, -0.25) is 0 Å². The second-order valence-electron chi connectivity index (χ2n) is 5.00. The molecule has 0 aliphatic carbocycles. The number of ether oxygens (including phenoxy) is 1. The van der Waals surface area contributed by atoms with Crippen molar-refractivity contribution in [1.82, 2.24) is 10.1 Å². The molecule has 0 fully saturated rings. The zero-order valence-corrected chi connectivity index (χ0v) is 12.4. The number of aromatic nitrogens is 2. The molecule has 0 saturated heterocycles. The van der Waals surface area contributed by atoms with E-state index in [4.69, 9.17) is 15.0 Å². The fourth-order valence-corrected chi connectivity index (χ4v) is 2.09. The predicted molar refractivity (Wildman–Crippen MR) is 77.7 cm³/mol. The molecule has 1 heterocycles. The van der Waals surface area contributed by atoms with Crippen LogP contribution in [0.3, 0.4) is 0 Å². The number of nitrogens with two attached hydrogens (primary N) is 1. The lowest BCUT2D eigenvalue weighted by molar-refractivity contribution is 0.340. The molecule has 0 aliphatic heterocycles. The smallest absolute Gasteiger partial charge is 0.231 e. The maximum Gasteiger partial charge on any atom is 0.231 e. The van der Waals surface area contributed by atoms with Gasteiger partial charge in [0, 0.05) is 11.6 Å². The van der Waals surface area contributed by atoms with E-state index >= 15 is 0 Å². The number of methoxy groups -OCH3 is 1. The van der Waals surface area contributed by atoms with E-state index in [0.717, 1.165) is 23.3 Å². The van der Waals surface area contributed by atoms with Crippen molar-refractivity contribution in [1.29, 1.82) is 0 Å². The van der Waals surface area contributed by atoms with E-state index in [1.807, 2.05) is 39.0 Å². The maximum atomic E-state index is 6.01. The SMILES string of the molecule is CCC(N)C(C)c1nc(-c2ccc(OC)c(C)c2)no1. The molecule has 0 saturated carbocycles. The second kappa shape index (κ2) is 6.05. The summed E-state index contributed by atoms with van der Waals surface area (Å²) in [7, 11) is 1.66. The van der Waals surface area contributed by atoms with Crippen molar-refractivity contribution in [3.8, 4) is 17.1 Å². The maximum absolute atomic E-state index is 6.01. The standard InChI is InChI=1S/C15H21N3O2/c1-5-12(16)10(3)15-17-14(18-20-15)11-6-7-13(19-4)9(2)8-11/h6-8,10,12H,5,16H2,1-4H3. The second-order valence-corrected chi connectivity index (χ2v) is 5.00. The first kappa shape index (κ1) is 14.5. The third-order valence-electron chi connectivity index (χ3n) is 3.60. The molecule has 2 unspecified atom stereocenters. The zero-order chi connectivity index (χ0) is 14.7. The summed E-state index contributed by atoms with van der Waals surface area (Å²) in [6.07, 6.45) is 0.876. The minimum Gasteiger partial charge on any atom is -0.496 e. The van der Waals surface area contributed by atoms with Gasteiger partial charge in [-0.15, -0.1) is 0 Å². The molecular weight excluding hydrogens is 254 g/mol. The molecule has 2 N–H and O–H groups in total. The third kappa shape index (κ3) is 2.82. The Hall–Kier alpha value is -1.88. The Kier molecular flexibility index (Phi) is 4.39. The molecule has 2 aromatic rings. The van der Waals surface area contributed by atoms with E-state index in [1.165, 1.54) is 0 Å². The van der Waals surface area contributed by atoms with E-state index < -0.39 is 0 Å². The van der Waals surface area contributed by atoms with Gasteiger partial charge in [-0.05, 0) is 37.1 Å². The highest BCUT2D eigenvalue weighted by Crippen LogP contribution is 2.26. The Labute approximate surface area is 119 Å². The number of hydrogen-bond acceptors (Lipinski definition) is 5. The summed E-state index contributed by atoms with van der Waals surface area (Å²) < 4.78 is 10.6. The average Bonchev–Trinajstić information content (AvgIpc) is 2.95. The predicted octanol–water partition coefficient (Wildman–Crippen LogP) is 2.89. The van der Waals surface area contributed by atoms with E-state index in [9.17, 15) is 0 Å². The molecule has 20 heavy (non-hydrogen) atoms. The molecule has 0 aliphatic rings. The molecule has 0 spiro atoms. The largest absolute Gasteiger partial charge is 0.496 e. The number of aryl methyl sites for hydroxylation is 1. The topological polar surface area (TPSA) is 74.2 Å². The normalized spacial score (nSPS) is 14.1. The van der Waals surface area contributed by atoms with Gasteiger partial charge >= 0.3 is 0 Å². The molecule has 2 atom stereocenters. The minimum atomic E-state index is 0.0286. The van der Waals surface area contributed by atoms with Crippen LogP contribution in [0.25, 0.3) is 11.4 Å². The summed E-state index contributed by atoms with van der Waals surface area (Å²) >= 11 is 0. The molecule has 5 heteroatoms. The summed E-state index contributed by atoms with van der Waals surface area (Å²) in [4.78, 5) is 4.45. The zero-order valence-electron chi connectivity index (χ0n) is 12.4. The van der Waals surface area contributed by atoms with Crippen LogP contribution >= 0.6 is 0 Å². The van der Waals surface area contributed by atoms with E-state index in [1.54, 1.807) is 7.11 Å². The highest BCUT2D eigenvalue weighted by Gasteiger charge is 2.20. The van der Waals surface area contributed by atoms with Crippen molar-refractivity contribution in [2.45, 2.75) is 39.2 Å². The lowest BCUT2D eigenvalue weighted by Gasteiger charge is -2.13. The molecular formula is C15H21N3O2. The molecule has 0 amide bonds. The number of hydrogen-bond donors (Lipinski definition) is 1. The summed E-state index contributed by atoms with van der Waals surface area (Å²) in [5.41, 5.74) is 7.96. The molecule has 1 aromatic heterocycles. The van der Waals surface area contributed by atoms with Crippen molar-refractivity contribution in [3.05, 3.63) is 29.7 Å². The lowest BCUT2D eigenvalue weighted by Crippen LogP contribution is -2.25. The Morgan fingerprint density at radius 2 is 2.15 bits per heavy atom. The first-order valence-corrected chi connectivity index (χ1v) is 6.81. The molecule has 5 nitrogen and oxygen atoms in total. The highest BCUT2D eigenvalue weighted by molar-refractivity contribution is 5.58. The number of nitrogens with zero attached hydrogens (tertiary/aromatic N) is 2. The van der Waals surface area contributed by atoms with E-state index in [-0.39, 0.29) is 12.0 Å². The first-order valence-electron chi connectivity index (χ1n) is 6.81. The Morgan fingerprint density at radius 3 is 2.75 bits per heavy atom. The van der Waals surface area contributed by atoms with Crippen molar-refractivity contribution in [2.75, 3.05) is 7.11 Å². The van der Waals surface area contributed by atoms with Crippen LogP contribution in [-0.4, -0.2) is 23.3 Å². The van der Waals surface area contributed by atoms with Gasteiger partial charge in [0.2, 0.25) is 11.7 Å². The summed E-state index contributed by atoms with van der Waals surface area (Å²) in [6, 6.07) is 5.84. The molecule has 0 radical (unpaired) electrons. The van der Waals surface area contributed by atoms with Crippen molar-refractivity contribution in [3.63, 3.8) is 0 Å². The minimum absolute atomic E-state index is 0.0286. The lowest BCUT2D eigenvalue weighted by atomic mass is 10.0. The first-order chi connectivity index (χ1) is 9.56. The Bertz CT molecular complexity index is 580. The average molecular weight is 275 g/mol. The van der Waals surface area contributed by atoms with Crippen LogP contribution in [0.2, 0.25) is 0 Å². The van der Waals surface area contributed by atoms with Crippen LogP contribution in [0.15, 0.2) is 22.7 Å². The summed E-state index contributed by atoms with van der Waals surface area (Å²) in [5.74, 6) is 2.07. The third-order valence-corrected chi connectivity index (χ3v) is 3.60. The van der Waals surface area contributed by atoms with Crippen LogP contribution in [0.4, 0.5) is 0 Å². The van der Waals surface area contributed by atoms with Gasteiger partial charge in [-0.2, -0.15) is 4.98 Å². The molecule has 1 aromatic carbocycles. The quantitative estimate of drug-likeness (QED) is 0.908. The van der Waals surface area contributed by atoms with Crippen molar-refractivity contribution in [2.24, 2.45) is 5.73 Å². The van der Waals surface area contributed by atoms with E-state index in [2.05, 4.69) is 10.1 Å². The van der Waals surface area contributed by atoms with Crippen molar-refractivity contribution >= 4 is 0 Å². The fraction of sp³-hybridized carbons (Fsp3) is 0.467. The van der Waals surface area contributed by atoms with Gasteiger partial charge < -0.3 is 15.0 Å². The number of benzene rings is 1. The molecule has 108 valence electrons. The van der Waals surface area contributed by atoms with Crippen LogP contribution in [0.5, 0.6) is 5.75 Å². The highest BCUT2D eigenvalue weighted by atomic mass is 16.5. The van der Waals surface area contributed by atoms with E-state index in [0.29, 0.717) is 11.7 Å². The van der Waals surface area contributed by atoms with Gasteiger partial charge in [-0.1, -0.05) is 19.0 Å². The monoisotopic (exact) mass is 275 g/mol. The summed E-state index contributed by atoms with van der Waals surface area (Å²) in [6.45, 7) is 6.04. The Balaban J connectivity index is 2.26. The number of rotatable bonds is 5. The van der Waals surface area contributed by atoms with Crippen LogP contribution in [-0.2, 0) is 0 Å². The van der Waals surface area contributed by atoms with Gasteiger partial charge in [0.1, 0.15) is 5.75 Å². The van der Waals surface area contributed by atoms with Crippen LogP contribution in [0, 0.1) is 6.92 Å². The fourth-order valence-electron chi connectivity index (χ4n) is 2.09. The van der Waals surface area contributed by atoms with Gasteiger partial charge in [0.25, 0.3) is 0 Å². The molecule has 0 bridgehead atoms. The van der Waals surface area contributed by atoms with Crippen molar-refractivity contribution < 1.29 is 9.26 Å². The molecule has 2 rings (SSSR count). The van der Waals surface area contributed by atoms with Crippen LogP contribution < -0.4 is 10.5 Å². The summed E-state index contributed by atoms with van der Waals surface area (Å²) in [5, 5.41) is 4.04. The van der Waals surface area contributed by atoms with Gasteiger partial charge in [0.05, 0.1) is 13.0 Å². The Morgan fingerprint density at radius 1 is 1.40 bits per heavy atom. The van der Waals surface area contributed by atoms with Gasteiger partial charge in [-0.25, -0.2) is 0 Å².